The van der Waals surface area contributed by atoms with Crippen molar-refractivity contribution in [3.8, 4) is 5.75 Å². The van der Waals surface area contributed by atoms with Gasteiger partial charge in [-0.1, -0.05) is 40.5 Å². The van der Waals surface area contributed by atoms with Crippen LogP contribution in [0.15, 0.2) is 23.0 Å². The third-order valence-corrected chi connectivity index (χ3v) is 9.12. The lowest BCUT2D eigenvalue weighted by molar-refractivity contribution is -0.130. The summed E-state index contributed by atoms with van der Waals surface area (Å²) in [5.74, 6) is -2.79. The molecule has 12 heteroatoms. The van der Waals surface area contributed by atoms with Gasteiger partial charge in [0.1, 0.15) is 18.4 Å². The first kappa shape index (κ1) is 33.3. The molecule has 10 nitrogen and oxygen atoms in total. The van der Waals surface area contributed by atoms with E-state index in [9.17, 15) is 19.2 Å². The van der Waals surface area contributed by atoms with E-state index in [1.165, 1.54) is 19.2 Å². The van der Waals surface area contributed by atoms with Gasteiger partial charge in [-0.15, -0.1) is 0 Å². The number of nitrogens with one attached hydrogen (secondary N) is 3. The van der Waals surface area contributed by atoms with E-state index >= 15 is 8.78 Å². The molecule has 3 unspecified atom stereocenters. The fraction of sp³-hybridized carbons (Fsp3) is 0.656. The topological polar surface area (TPSA) is 139 Å². The minimum atomic E-state index is -3.40. The Morgan fingerprint density at radius 2 is 1.91 bits per heavy atom. The van der Waals surface area contributed by atoms with E-state index in [-0.39, 0.29) is 48.1 Å². The number of nitrogens with zero attached hydrogens (tertiary/aromatic N) is 1. The van der Waals surface area contributed by atoms with Gasteiger partial charge in [0.2, 0.25) is 5.91 Å². The molecule has 44 heavy (non-hydrogen) atoms. The van der Waals surface area contributed by atoms with E-state index in [4.69, 9.17) is 9.47 Å². The number of benzene rings is 1. The third-order valence-electron chi connectivity index (χ3n) is 9.12. The molecule has 242 valence electrons. The van der Waals surface area contributed by atoms with Gasteiger partial charge in [-0.05, 0) is 61.5 Å². The molecule has 0 radical (unpaired) electrons. The Morgan fingerprint density at radius 3 is 2.59 bits per heavy atom. The maximum absolute atomic E-state index is 15.1. The van der Waals surface area contributed by atoms with Crippen molar-refractivity contribution in [2.75, 3.05) is 13.7 Å². The summed E-state index contributed by atoms with van der Waals surface area (Å²) in [5.41, 5.74) is -1.16. The number of alkyl halides is 2. The second-order valence-electron chi connectivity index (χ2n) is 12.6. The monoisotopic (exact) mass is 618 g/mol. The highest BCUT2D eigenvalue weighted by Crippen LogP contribution is 2.57. The van der Waals surface area contributed by atoms with Crippen LogP contribution in [0.3, 0.4) is 0 Å². The number of fused-ring (bicyclic) bond motifs is 2. The zero-order chi connectivity index (χ0) is 32.2. The Labute approximate surface area is 256 Å². The van der Waals surface area contributed by atoms with Crippen LogP contribution < -0.4 is 20.9 Å². The Hall–Kier alpha value is -3.57. The van der Waals surface area contributed by atoms with Crippen LogP contribution in [0.25, 0.3) is 11.0 Å². The van der Waals surface area contributed by atoms with Crippen molar-refractivity contribution < 1.29 is 32.6 Å². The largest absolute Gasteiger partial charge is 0.497 e. The summed E-state index contributed by atoms with van der Waals surface area (Å²) in [6.07, 6.45) is 2.16. The van der Waals surface area contributed by atoms with Crippen LogP contribution >= 0.6 is 0 Å². The maximum Gasteiger partial charge on any atom is 0.407 e. The van der Waals surface area contributed by atoms with Gasteiger partial charge in [0.05, 0.1) is 24.2 Å². The van der Waals surface area contributed by atoms with Crippen LogP contribution in [-0.2, 0) is 20.2 Å². The summed E-state index contributed by atoms with van der Waals surface area (Å²) in [6, 6.07) is 4.03. The molecule has 2 saturated carbocycles. The molecule has 6 atom stereocenters. The fourth-order valence-electron chi connectivity index (χ4n) is 6.28. The fourth-order valence-corrected chi connectivity index (χ4v) is 6.28. The molecule has 0 saturated heterocycles. The number of halogens is 2. The lowest BCUT2D eigenvalue weighted by atomic mass is 9.90. The lowest BCUT2D eigenvalue weighted by Crippen LogP contribution is -2.50. The lowest BCUT2D eigenvalue weighted by Gasteiger charge is -2.25. The van der Waals surface area contributed by atoms with Gasteiger partial charge in [-0.3, -0.25) is 14.4 Å². The third kappa shape index (κ3) is 7.92. The highest BCUT2D eigenvalue weighted by atomic mass is 19.3. The van der Waals surface area contributed by atoms with Gasteiger partial charge in [0.25, 0.3) is 11.5 Å². The highest BCUT2D eigenvalue weighted by Gasteiger charge is 2.54. The molecule has 2 aromatic rings. The molecule has 0 aliphatic heterocycles. The van der Waals surface area contributed by atoms with Crippen LogP contribution in [0.1, 0.15) is 78.3 Å². The van der Waals surface area contributed by atoms with Crippen molar-refractivity contribution in [3.05, 3.63) is 34.2 Å². The predicted octanol–water partition coefficient (Wildman–Crippen LogP) is 5.09. The van der Waals surface area contributed by atoms with Crippen LogP contribution in [-0.4, -0.2) is 53.6 Å². The van der Waals surface area contributed by atoms with E-state index in [1.807, 2.05) is 13.8 Å². The van der Waals surface area contributed by atoms with Gasteiger partial charge in [-0.2, -0.15) is 8.78 Å². The van der Waals surface area contributed by atoms with Crippen molar-refractivity contribution in [2.45, 2.75) is 90.7 Å². The second kappa shape index (κ2) is 14.0. The summed E-state index contributed by atoms with van der Waals surface area (Å²) < 4.78 is 40.9. The van der Waals surface area contributed by atoms with Crippen LogP contribution in [0.2, 0.25) is 0 Å². The number of aromatic nitrogens is 2. The predicted molar refractivity (Wildman–Crippen MR) is 160 cm³/mol. The number of ketones is 1. The van der Waals surface area contributed by atoms with Crippen molar-refractivity contribution in [1.29, 1.82) is 0 Å². The normalized spacial score (nSPS) is 22.3. The van der Waals surface area contributed by atoms with Crippen LogP contribution in [0.4, 0.5) is 13.6 Å². The first-order valence-electron chi connectivity index (χ1n) is 15.6. The molecule has 0 bridgehead atoms. The van der Waals surface area contributed by atoms with Crippen molar-refractivity contribution in [3.63, 3.8) is 0 Å². The average molecular weight is 619 g/mol. The standard InChI is InChI=1S/C32H44F2N4O6/c1-6-18(4)27(28(40)17(2)3)38-26(39)16-35-31(42)44-25-14-19-13-22(19)21(25)9-7-8-12-32(33,34)29-30(41)37-24-15-20(43-5)10-11-23(24)36-29/h10-11,15,17-19,21-22,25,27H,6-9,12-14,16H2,1-5H3,(H,35,42)(H,37,41)(H,38,39)/t18-,19?,21-,22?,25?,27+/m1/s1. The molecule has 1 aromatic heterocycles. The molecule has 2 aliphatic rings. The number of carbonyl (C=O) groups is 3. The number of ether oxygens (including phenoxy) is 2. The smallest absolute Gasteiger partial charge is 0.407 e. The van der Waals surface area contributed by atoms with Crippen molar-refractivity contribution in [1.82, 2.24) is 20.6 Å². The van der Waals surface area contributed by atoms with E-state index in [0.29, 0.717) is 42.4 Å². The number of alkyl carbamates (subject to hydrolysis) is 1. The number of rotatable bonds is 15. The Bertz CT molecular complexity index is 1410. The Balaban J connectivity index is 1.25. The van der Waals surface area contributed by atoms with Gasteiger partial charge in [-0.25, -0.2) is 9.78 Å². The number of methoxy groups -OCH3 is 1. The van der Waals surface area contributed by atoms with E-state index in [2.05, 4.69) is 20.6 Å². The summed E-state index contributed by atoms with van der Waals surface area (Å²) in [4.78, 5) is 56.5. The number of Topliss-reactive ketones (excluding diaryl/α,β-unsaturated/α-hetero) is 1. The number of amides is 2. The summed E-state index contributed by atoms with van der Waals surface area (Å²) >= 11 is 0. The first-order valence-corrected chi connectivity index (χ1v) is 15.6. The highest BCUT2D eigenvalue weighted by molar-refractivity contribution is 5.91. The molecule has 2 fully saturated rings. The summed E-state index contributed by atoms with van der Waals surface area (Å²) in [5, 5.41) is 5.23. The Morgan fingerprint density at radius 1 is 1.16 bits per heavy atom. The molecule has 0 spiro atoms. The molecule has 1 heterocycles. The zero-order valence-corrected chi connectivity index (χ0v) is 26.1. The van der Waals surface area contributed by atoms with Crippen LogP contribution in [0, 0.1) is 29.6 Å². The van der Waals surface area contributed by atoms with Gasteiger partial charge < -0.3 is 25.1 Å². The molecule has 4 rings (SSSR count). The quantitative estimate of drug-likeness (QED) is 0.236. The summed E-state index contributed by atoms with van der Waals surface area (Å²) in [6.45, 7) is 7.11. The molecular formula is C32H44F2N4O6. The van der Waals surface area contributed by atoms with Crippen LogP contribution in [0.5, 0.6) is 5.75 Å². The molecule has 2 amide bonds. The number of hydrogen-bond donors (Lipinski definition) is 3. The second-order valence-corrected chi connectivity index (χ2v) is 12.6. The molecule has 2 aliphatic carbocycles. The number of unbranched alkanes of at least 4 members (excludes halogenated alkanes) is 1. The number of carbonyl (C=O) groups excluding carboxylic acids is 3. The molecule has 3 N–H and O–H groups in total. The van der Waals surface area contributed by atoms with E-state index in [0.717, 1.165) is 12.8 Å². The zero-order valence-electron chi connectivity index (χ0n) is 26.1. The average Bonchev–Trinajstić information content (AvgIpc) is 3.67. The first-order chi connectivity index (χ1) is 20.8. The minimum absolute atomic E-state index is 0.0409. The number of aromatic amines is 1. The van der Waals surface area contributed by atoms with Gasteiger partial charge >= 0.3 is 6.09 Å². The maximum atomic E-state index is 15.1. The van der Waals surface area contributed by atoms with Crippen molar-refractivity contribution in [2.24, 2.45) is 29.6 Å². The minimum Gasteiger partial charge on any atom is -0.497 e. The van der Waals surface area contributed by atoms with Gasteiger partial charge in [0.15, 0.2) is 11.5 Å². The number of H-pyrrole nitrogens is 1. The van der Waals surface area contributed by atoms with Gasteiger partial charge in [0, 0.05) is 18.4 Å². The van der Waals surface area contributed by atoms with E-state index < -0.39 is 41.6 Å². The number of hydrogen-bond acceptors (Lipinski definition) is 7. The van der Waals surface area contributed by atoms with Crippen molar-refractivity contribution >= 4 is 28.8 Å². The van der Waals surface area contributed by atoms with E-state index in [1.54, 1.807) is 19.9 Å². The molecular weight excluding hydrogens is 574 g/mol. The Kier molecular flexibility index (Phi) is 10.6. The SMILES string of the molecule is CC[C@@H](C)[C@H](NC(=O)CNC(=O)OC1CC2CC2[C@H]1CCCCC(F)(F)c1nc2ccc(OC)cc2[nH]c1=O)C(=O)C(C)C. The summed E-state index contributed by atoms with van der Waals surface area (Å²) in [7, 11) is 1.47. The molecule has 1 aromatic carbocycles.